The van der Waals surface area contributed by atoms with Crippen molar-refractivity contribution < 1.29 is 28.4 Å². The predicted octanol–water partition coefficient (Wildman–Crippen LogP) is 1.61. The van der Waals surface area contributed by atoms with Crippen LogP contribution in [-0.4, -0.2) is 63.4 Å². The highest BCUT2D eigenvalue weighted by Crippen LogP contribution is 2.52. The molecule has 4 fully saturated rings. The topological polar surface area (TPSA) is 55.4 Å². The van der Waals surface area contributed by atoms with Crippen LogP contribution in [0.3, 0.4) is 0 Å². The molecule has 6 heteroatoms. The van der Waals surface area contributed by atoms with Crippen LogP contribution in [0.5, 0.6) is 0 Å². The van der Waals surface area contributed by atoms with Crippen LogP contribution < -0.4 is 0 Å². The zero-order valence-corrected chi connectivity index (χ0v) is 13.4. The Morgan fingerprint density at radius 3 is 1.59 bits per heavy atom. The second kappa shape index (κ2) is 5.69. The van der Waals surface area contributed by atoms with Crippen LogP contribution >= 0.6 is 0 Å². The molecule has 6 atom stereocenters. The minimum absolute atomic E-state index is 0.0121. The van der Waals surface area contributed by atoms with E-state index in [0.29, 0.717) is 12.8 Å². The van der Waals surface area contributed by atoms with Gasteiger partial charge in [0.2, 0.25) is 11.6 Å². The molecule has 4 rings (SSSR count). The van der Waals surface area contributed by atoms with Gasteiger partial charge in [0.15, 0.2) is 0 Å². The average molecular weight is 314 g/mol. The fourth-order valence-corrected chi connectivity index (χ4v) is 4.45. The van der Waals surface area contributed by atoms with E-state index in [1.807, 2.05) is 0 Å². The van der Waals surface area contributed by atoms with Crippen molar-refractivity contribution in [2.45, 2.75) is 74.5 Å². The molecule has 0 radical (unpaired) electrons. The van der Waals surface area contributed by atoms with Crippen LogP contribution in [0.4, 0.5) is 0 Å². The predicted molar refractivity (Wildman–Crippen MR) is 76.4 cm³/mol. The minimum atomic E-state index is -0.915. The van der Waals surface area contributed by atoms with Crippen LogP contribution in [0, 0.1) is 0 Å². The van der Waals surface area contributed by atoms with Crippen molar-refractivity contribution in [3.05, 3.63) is 0 Å². The summed E-state index contributed by atoms with van der Waals surface area (Å²) >= 11 is 0. The number of fused-ring (bicyclic) bond motifs is 3. The Kier molecular flexibility index (Phi) is 3.95. The molecule has 0 aliphatic carbocycles. The lowest BCUT2D eigenvalue weighted by Gasteiger charge is -2.60. The Morgan fingerprint density at radius 1 is 0.727 bits per heavy atom. The lowest BCUT2D eigenvalue weighted by molar-refractivity contribution is -0.481. The number of rotatable bonds is 2. The zero-order valence-electron chi connectivity index (χ0n) is 13.4. The quantitative estimate of drug-likeness (QED) is 0.772. The zero-order chi connectivity index (χ0) is 15.2. The lowest BCUT2D eigenvalue weighted by Crippen LogP contribution is -2.73. The van der Waals surface area contributed by atoms with Gasteiger partial charge in [-0.05, 0) is 25.7 Å². The molecule has 0 spiro atoms. The minimum Gasteiger partial charge on any atom is -0.375 e. The average Bonchev–Trinajstić information content (AvgIpc) is 2.57. The molecule has 22 heavy (non-hydrogen) atoms. The van der Waals surface area contributed by atoms with E-state index >= 15 is 0 Å². The van der Waals surface area contributed by atoms with Crippen molar-refractivity contribution in [1.82, 2.24) is 0 Å². The maximum Gasteiger partial charge on any atom is 0.226 e. The van der Waals surface area contributed by atoms with Crippen molar-refractivity contribution in [3.63, 3.8) is 0 Å². The Labute approximate surface area is 131 Å². The molecular weight excluding hydrogens is 288 g/mol. The van der Waals surface area contributed by atoms with E-state index in [1.165, 1.54) is 0 Å². The van der Waals surface area contributed by atoms with E-state index in [2.05, 4.69) is 0 Å². The van der Waals surface area contributed by atoms with E-state index in [4.69, 9.17) is 28.4 Å². The van der Waals surface area contributed by atoms with E-state index in [9.17, 15) is 0 Å². The SMILES string of the molecule is CO[C@@]12C[C@@H]3OCCC[C@H]3O[C@]1(OC)C[C@H]1OCCC[C@@H]1O2. The molecule has 0 aromatic rings. The molecule has 0 saturated carbocycles. The smallest absolute Gasteiger partial charge is 0.226 e. The van der Waals surface area contributed by atoms with Crippen molar-refractivity contribution in [1.29, 1.82) is 0 Å². The third-order valence-corrected chi connectivity index (χ3v) is 5.62. The Hall–Kier alpha value is -0.240. The lowest BCUT2D eigenvalue weighted by atomic mass is 9.81. The molecule has 6 nitrogen and oxygen atoms in total. The molecule has 0 bridgehead atoms. The van der Waals surface area contributed by atoms with E-state index < -0.39 is 11.6 Å². The summed E-state index contributed by atoms with van der Waals surface area (Å²) in [5.74, 6) is -1.83. The van der Waals surface area contributed by atoms with Gasteiger partial charge in [0, 0.05) is 40.3 Å². The first kappa shape index (κ1) is 15.3. The third kappa shape index (κ3) is 2.16. The summed E-state index contributed by atoms with van der Waals surface area (Å²) in [6.07, 6.45) is 5.41. The largest absolute Gasteiger partial charge is 0.375 e. The van der Waals surface area contributed by atoms with Crippen molar-refractivity contribution in [2.75, 3.05) is 27.4 Å². The molecule has 0 amide bonds. The summed E-state index contributed by atoms with van der Waals surface area (Å²) < 4.78 is 36.4. The number of methoxy groups -OCH3 is 2. The molecule has 0 unspecified atom stereocenters. The van der Waals surface area contributed by atoms with Crippen LogP contribution in [-0.2, 0) is 28.4 Å². The normalized spacial score (nSPS) is 51.5. The fraction of sp³-hybridized carbons (Fsp3) is 1.00. The highest BCUT2D eigenvalue weighted by atomic mass is 16.8. The molecule has 0 N–H and O–H groups in total. The van der Waals surface area contributed by atoms with Crippen LogP contribution in [0.25, 0.3) is 0 Å². The fourth-order valence-electron chi connectivity index (χ4n) is 4.45. The van der Waals surface area contributed by atoms with Gasteiger partial charge in [-0.15, -0.1) is 0 Å². The summed E-state index contributed by atoms with van der Waals surface area (Å²) in [6, 6.07) is 0. The van der Waals surface area contributed by atoms with Gasteiger partial charge in [0.1, 0.15) is 0 Å². The summed E-state index contributed by atoms with van der Waals surface area (Å²) in [5, 5.41) is 0. The van der Waals surface area contributed by atoms with Crippen molar-refractivity contribution >= 4 is 0 Å². The number of hydrogen-bond acceptors (Lipinski definition) is 6. The van der Waals surface area contributed by atoms with Gasteiger partial charge < -0.3 is 28.4 Å². The van der Waals surface area contributed by atoms with Gasteiger partial charge in [-0.25, -0.2) is 0 Å². The molecule has 0 aromatic heterocycles. The van der Waals surface area contributed by atoms with Crippen molar-refractivity contribution in [2.24, 2.45) is 0 Å². The first-order chi connectivity index (χ1) is 10.7. The molecular formula is C16H26O6. The van der Waals surface area contributed by atoms with Gasteiger partial charge in [0.05, 0.1) is 24.4 Å². The first-order valence-corrected chi connectivity index (χ1v) is 8.41. The van der Waals surface area contributed by atoms with Gasteiger partial charge in [0.25, 0.3) is 0 Å². The Bertz CT molecular complexity index is 347. The van der Waals surface area contributed by atoms with E-state index in [-0.39, 0.29) is 24.4 Å². The molecule has 4 heterocycles. The molecule has 0 aromatic carbocycles. The van der Waals surface area contributed by atoms with Gasteiger partial charge >= 0.3 is 0 Å². The van der Waals surface area contributed by atoms with E-state index in [1.54, 1.807) is 14.2 Å². The number of hydrogen-bond donors (Lipinski definition) is 0. The third-order valence-electron chi connectivity index (χ3n) is 5.62. The Morgan fingerprint density at radius 2 is 1.18 bits per heavy atom. The summed E-state index contributed by atoms with van der Waals surface area (Å²) in [4.78, 5) is 0. The Balaban J connectivity index is 1.67. The monoisotopic (exact) mass is 314 g/mol. The summed E-state index contributed by atoms with van der Waals surface area (Å²) in [5.41, 5.74) is 0. The summed E-state index contributed by atoms with van der Waals surface area (Å²) in [7, 11) is 3.34. The van der Waals surface area contributed by atoms with Crippen LogP contribution in [0.1, 0.15) is 38.5 Å². The van der Waals surface area contributed by atoms with Crippen LogP contribution in [0.2, 0.25) is 0 Å². The van der Waals surface area contributed by atoms with Crippen molar-refractivity contribution in [3.8, 4) is 0 Å². The molecule has 4 aliphatic rings. The molecule has 4 saturated heterocycles. The van der Waals surface area contributed by atoms with Gasteiger partial charge in [-0.3, -0.25) is 0 Å². The van der Waals surface area contributed by atoms with E-state index in [0.717, 1.165) is 38.9 Å². The molecule has 4 aliphatic heterocycles. The van der Waals surface area contributed by atoms with Gasteiger partial charge in [-0.2, -0.15) is 0 Å². The maximum absolute atomic E-state index is 6.40. The van der Waals surface area contributed by atoms with Crippen LogP contribution in [0.15, 0.2) is 0 Å². The standard InChI is InChI=1S/C16H26O6/c1-17-15-9-13-12(6-4-7-19-13)22-16(15,18-2)10-14-11(21-15)5-3-8-20-14/h11-14H,3-10H2,1-2H3/t11-,12+,13-,14+,15-,16-/m1/s1. The summed E-state index contributed by atoms with van der Waals surface area (Å²) in [6.45, 7) is 1.55. The second-order valence-corrected chi connectivity index (χ2v) is 6.74. The highest BCUT2D eigenvalue weighted by Gasteiger charge is 2.67. The second-order valence-electron chi connectivity index (χ2n) is 6.74. The molecule has 126 valence electrons. The highest BCUT2D eigenvalue weighted by molar-refractivity contribution is 5.05. The van der Waals surface area contributed by atoms with Gasteiger partial charge in [-0.1, -0.05) is 0 Å². The maximum atomic E-state index is 6.40. The number of ether oxygens (including phenoxy) is 6. The first-order valence-electron chi connectivity index (χ1n) is 8.41.